The molecule has 3 heteroatoms. The molecule has 0 saturated carbocycles. The standard InChI is InChI=1S/C20H15NO2/c1-2-6-15(7-3-1)17-12-18(22-13-17)14-23-19-10-4-8-16-9-5-11-21-20(16)19/h1-13H,14H2. The van der Waals surface area contributed by atoms with Gasteiger partial charge in [-0.1, -0.05) is 48.5 Å². The molecule has 112 valence electrons. The van der Waals surface area contributed by atoms with Gasteiger partial charge in [0.2, 0.25) is 0 Å². The van der Waals surface area contributed by atoms with Crippen LogP contribution in [0, 0.1) is 0 Å². The maximum atomic E-state index is 5.90. The lowest BCUT2D eigenvalue weighted by molar-refractivity contribution is 0.273. The van der Waals surface area contributed by atoms with Gasteiger partial charge < -0.3 is 9.15 Å². The van der Waals surface area contributed by atoms with Crippen molar-refractivity contribution in [1.29, 1.82) is 0 Å². The lowest BCUT2D eigenvalue weighted by Gasteiger charge is -2.06. The summed E-state index contributed by atoms with van der Waals surface area (Å²) in [5, 5.41) is 1.06. The molecule has 0 saturated heterocycles. The zero-order valence-corrected chi connectivity index (χ0v) is 12.5. The number of ether oxygens (including phenoxy) is 1. The fraction of sp³-hybridized carbons (Fsp3) is 0.0500. The summed E-state index contributed by atoms with van der Waals surface area (Å²) in [5.41, 5.74) is 3.06. The highest BCUT2D eigenvalue weighted by Crippen LogP contribution is 2.26. The molecule has 0 amide bonds. The molecule has 0 unspecified atom stereocenters. The second kappa shape index (κ2) is 5.97. The van der Waals surface area contributed by atoms with Gasteiger partial charge in [-0.15, -0.1) is 0 Å². The van der Waals surface area contributed by atoms with Crippen LogP contribution < -0.4 is 4.74 Å². The molecule has 2 heterocycles. The van der Waals surface area contributed by atoms with Crippen molar-refractivity contribution in [1.82, 2.24) is 4.98 Å². The molecule has 3 nitrogen and oxygen atoms in total. The van der Waals surface area contributed by atoms with Crippen molar-refractivity contribution >= 4 is 10.9 Å². The molecule has 23 heavy (non-hydrogen) atoms. The minimum atomic E-state index is 0.378. The third kappa shape index (κ3) is 2.81. The Hall–Kier alpha value is -3.07. The van der Waals surface area contributed by atoms with E-state index in [4.69, 9.17) is 9.15 Å². The van der Waals surface area contributed by atoms with E-state index in [-0.39, 0.29) is 0 Å². The van der Waals surface area contributed by atoms with Crippen LogP contribution in [0.2, 0.25) is 0 Å². The topological polar surface area (TPSA) is 35.3 Å². The fourth-order valence-electron chi connectivity index (χ4n) is 2.58. The fourth-order valence-corrected chi connectivity index (χ4v) is 2.58. The van der Waals surface area contributed by atoms with Crippen LogP contribution in [0.4, 0.5) is 0 Å². The number of benzene rings is 2. The van der Waals surface area contributed by atoms with Crippen LogP contribution in [0.15, 0.2) is 83.6 Å². The van der Waals surface area contributed by atoms with Crippen molar-refractivity contribution in [2.75, 3.05) is 0 Å². The molecule has 0 N–H and O–H groups in total. The van der Waals surface area contributed by atoms with Crippen molar-refractivity contribution in [3.8, 4) is 16.9 Å². The van der Waals surface area contributed by atoms with Gasteiger partial charge in [-0.2, -0.15) is 0 Å². The van der Waals surface area contributed by atoms with Gasteiger partial charge in [-0.3, -0.25) is 4.98 Å². The van der Waals surface area contributed by atoms with Gasteiger partial charge in [0, 0.05) is 17.1 Å². The highest BCUT2D eigenvalue weighted by atomic mass is 16.5. The quantitative estimate of drug-likeness (QED) is 0.527. The Balaban J connectivity index is 1.54. The lowest BCUT2D eigenvalue weighted by Crippen LogP contribution is -1.95. The molecule has 0 aliphatic carbocycles. The Labute approximate surface area is 134 Å². The molecule has 0 atom stereocenters. The SMILES string of the molecule is c1ccc(-c2coc(COc3cccc4cccnc34)c2)cc1. The number of nitrogens with zero attached hydrogens (tertiary/aromatic N) is 1. The van der Waals surface area contributed by atoms with Gasteiger partial charge in [0.15, 0.2) is 0 Å². The number of para-hydroxylation sites is 1. The summed E-state index contributed by atoms with van der Waals surface area (Å²) in [6, 6.07) is 22.0. The molecule has 2 aromatic carbocycles. The van der Waals surface area contributed by atoms with Gasteiger partial charge in [-0.05, 0) is 23.8 Å². The normalized spacial score (nSPS) is 10.8. The van der Waals surface area contributed by atoms with Gasteiger partial charge in [-0.25, -0.2) is 0 Å². The summed E-state index contributed by atoms with van der Waals surface area (Å²) in [6.07, 6.45) is 3.53. The monoisotopic (exact) mass is 301 g/mol. The maximum absolute atomic E-state index is 5.90. The molecule has 0 aliphatic heterocycles. The van der Waals surface area contributed by atoms with E-state index in [9.17, 15) is 0 Å². The second-order valence-corrected chi connectivity index (χ2v) is 5.29. The number of fused-ring (bicyclic) bond motifs is 1. The first kappa shape index (κ1) is 13.6. The summed E-state index contributed by atoms with van der Waals surface area (Å²) in [6.45, 7) is 0.378. The number of pyridine rings is 1. The van der Waals surface area contributed by atoms with Gasteiger partial charge in [0.05, 0.1) is 6.26 Å². The van der Waals surface area contributed by atoms with Crippen LogP contribution >= 0.6 is 0 Å². The summed E-state index contributed by atoms with van der Waals surface area (Å²) in [5.74, 6) is 1.55. The maximum Gasteiger partial charge on any atom is 0.146 e. The molecule has 0 spiro atoms. The average Bonchev–Trinajstić information content (AvgIpc) is 3.10. The van der Waals surface area contributed by atoms with Crippen LogP contribution in [-0.2, 0) is 6.61 Å². The van der Waals surface area contributed by atoms with E-state index >= 15 is 0 Å². The molecule has 4 aromatic rings. The van der Waals surface area contributed by atoms with Crippen molar-refractivity contribution in [2.45, 2.75) is 6.61 Å². The number of furan rings is 1. The lowest BCUT2D eigenvalue weighted by atomic mass is 10.1. The highest BCUT2D eigenvalue weighted by Gasteiger charge is 2.07. The Morgan fingerprint density at radius 2 is 1.74 bits per heavy atom. The molecular weight excluding hydrogens is 286 g/mol. The Morgan fingerprint density at radius 3 is 2.65 bits per heavy atom. The van der Waals surface area contributed by atoms with E-state index in [1.165, 1.54) is 0 Å². The van der Waals surface area contributed by atoms with E-state index in [1.54, 1.807) is 12.5 Å². The van der Waals surface area contributed by atoms with Gasteiger partial charge in [0.1, 0.15) is 23.6 Å². The number of aromatic nitrogens is 1. The van der Waals surface area contributed by atoms with E-state index in [0.717, 1.165) is 33.5 Å². The predicted octanol–water partition coefficient (Wildman–Crippen LogP) is 5.07. The van der Waals surface area contributed by atoms with Crippen molar-refractivity contribution in [3.05, 3.63) is 85.0 Å². The molecule has 2 aromatic heterocycles. The smallest absolute Gasteiger partial charge is 0.146 e. The third-order valence-corrected chi connectivity index (χ3v) is 3.73. The van der Waals surface area contributed by atoms with Crippen LogP contribution in [0.5, 0.6) is 5.75 Å². The molecular formula is C20H15NO2. The number of hydrogen-bond donors (Lipinski definition) is 0. The average molecular weight is 301 g/mol. The first-order valence-corrected chi connectivity index (χ1v) is 7.49. The van der Waals surface area contributed by atoms with Crippen molar-refractivity contribution < 1.29 is 9.15 Å². The van der Waals surface area contributed by atoms with Crippen LogP contribution in [0.25, 0.3) is 22.0 Å². The largest absolute Gasteiger partial charge is 0.483 e. The summed E-state index contributed by atoms with van der Waals surface area (Å²) in [7, 11) is 0. The third-order valence-electron chi connectivity index (χ3n) is 3.73. The van der Waals surface area contributed by atoms with E-state index in [0.29, 0.717) is 6.61 Å². The molecule has 4 rings (SSSR count). The van der Waals surface area contributed by atoms with Crippen LogP contribution in [0.1, 0.15) is 5.76 Å². The van der Waals surface area contributed by atoms with Gasteiger partial charge in [0.25, 0.3) is 0 Å². The summed E-state index contributed by atoms with van der Waals surface area (Å²) >= 11 is 0. The molecule has 0 radical (unpaired) electrons. The Kier molecular flexibility index (Phi) is 3.53. The van der Waals surface area contributed by atoms with E-state index in [1.807, 2.05) is 54.6 Å². The second-order valence-electron chi connectivity index (χ2n) is 5.29. The first-order chi connectivity index (χ1) is 11.4. The van der Waals surface area contributed by atoms with Crippen LogP contribution in [0.3, 0.4) is 0 Å². The number of rotatable bonds is 4. The molecule has 0 bridgehead atoms. The van der Waals surface area contributed by atoms with Crippen molar-refractivity contribution in [3.63, 3.8) is 0 Å². The zero-order valence-electron chi connectivity index (χ0n) is 12.5. The minimum Gasteiger partial charge on any atom is -0.483 e. The minimum absolute atomic E-state index is 0.378. The van der Waals surface area contributed by atoms with Gasteiger partial charge >= 0.3 is 0 Å². The van der Waals surface area contributed by atoms with E-state index < -0.39 is 0 Å². The van der Waals surface area contributed by atoms with Crippen molar-refractivity contribution in [2.24, 2.45) is 0 Å². The summed E-state index contributed by atoms with van der Waals surface area (Å²) < 4.78 is 11.5. The Bertz CT molecular complexity index is 923. The molecule has 0 fully saturated rings. The number of hydrogen-bond acceptors (Lipinski definition) is 3. The zero-order chi connectivity index (χ0) is 15.5. The summed E-state index contributed by atoms with van der Waals surface area (Å²) in [4.78, 5) is 4.39. The molecule has 0 aliphatic rings. The van der Waals surface area contributed by atoms with E-state index in [2.05, 4.69) is 17.1 Å². The Morgan fingerprint density at radius 1 is 0.870 bits per heavy atom. The highest BCUT2D eigenvalue weighted by molar-refractivity contribution is 5.84. The first-order valence-electron chi connectivity index (χ1n) is 7.49. The van der Waals surface area contributed by atoms with Crippen LogP contribution in [-0.4, -0.2) is 4.98 Å². The predicted molar refractivity (Wildman–Crippen MR) is 90.2 cm³/mol.